The second-order valence-electron chi connectivity index (χ2n) is 5.59. The first-order valence-corrected chi connectivity index (χ1v) is 8.96. The molecule has 0 aliphatic carbocycles. The highest BCUT2D eigenvalue weighted by Gasteiger charge is 2.30. The van der Waals surface area contributed by atoms with Crippen LogP contribution in [0.2, 0.25) is 0 Å². The van der Waals surface area contributed by atoms with Gasteiger partial charge in [0.1, 0.15) is 23.1 Å². The molecule has 0 bridgehead atoms. The molecule has 1 heterocycles. The molecule has 1 aromatic heterocycles. The van der Waals surface area contributed by atoms with E-state index >= 15 is 0 Å². The number of benzene rings is 1. The minimum absolute atomic E-state index is 0.000627. The maximum absolute atomic E-state index is 13.6. The minimum Gasteiger partial charge on any atom is -0.340 e. The Morgan fingerprint density at radius 2 is 2.04 bits per heavy atom. The molecular weight excluding hydrogens is 335 g/mol. The van der Waals surface area contributed by atoms with Gasteiger partial charge in [0.05, 0.1) is 0 Å². The van der Waals surface area contributed by atoms with E-state index in [9.17, 15) is 17.6 Å². The molecule has 0 N–H and O–H groups in total. The van der Waals surface area contributed by atoms with Gasteiger partial charge >= 0.3 is 0 Å². The van der Waals surface area contributed by atoms with Crippen molar-refractivity contribution >= 4 is 15.7 Å². The number of hydrogen-bond donors (Lipinski definition) is 0. The maximum Gasteiger partial charge on any atom is 0.237 e. The highest BCUT2D eigenvalue weighted by molar-refractivity contribution is 7.92. The third-order valence-corrected chi connectivity index (χ3v) is 5.70. The Labute approximate surface area is 140 Å². The summed E-state index contributed by atoms with van der Waals surface area (Å²) in [7, 11) is -0.687. The zero-order valence-electron chi connectivity index (χ0n) is 13.7. The van der Waals surface area contributed by atoms with Crippen molar-refractivity contribution in [3.63, 3.8) is 0 Å². The summed E-state index contributed by atoms with van der Waals surface area (Å²) < 4.78 is 40.0. The summed E-state index contributed by atoms with van der Waals surface area (Å²) in [5.41, 5.74) is 0.326. The van der Waals surface area contributed by atoms with Crippen LogP contribution >= 0.6 is 0 Å². The monoisotopic (exact) mass is 354 g/mol. The molecule has 24 heavy (non-hydrogen) atoms. The number of carbonyl (C=O) groups excluding carboxylic acids is 1. The molecule has 9 heteroatoms. The number of amides is 1. The van der Waals surface area contributed by atoms with Crippen molar-refractivity contribution in [1.29, 1.82) is 0 Å². The van der Waals surface area contributed by atoms with E-state index in [4.69, 9.17) is 0 Å². The first-order valence-electron chi connectivity index (χ1n) is 7.25. The van der Waals surface area contributed by atoms with E-state index in [-0.39, 0.29) is 12.4 Å². The molecule has 0 aliphatic heterocycles. The average molecular weight is 354 g/mol. The van der Waals surface area contributed by atoms with Crippen molar-refractivity contribution in [2.24, 2.45) is 7.05 Å². The third kappa shape index (κ3) is 3.97. The number of nitrogens with zero attached hydrogens (tertiary/aromatic N) is 4. The van der Waals surface area contributed by atoms with Gasteiger partial charge in [0.2, 0.25) is 5.91 Å². The molecule has 2 aromatic rings. The summed E-state index contributed by atoms with van der Waals surface area (Å²) >= 11 is 0. The number of hydrogen-bond acceptors (Lipinski definition) is 5. The highest BCUT2D eigenvalue weighted by Crippen LogP contribution is 2.20. The van der Waals surface area contributed by atoms with E-state index in [0.717, 1.165) is 0 Å². The molecule has 0 saturated carbocycles. The minimum atomic E-state index is -3.76. The van der Waals surface area contributed by atoms with Crippen LogP contribution in [0.25, 0.3) is 0 Å². The van der Waals surface area contributed by atoms with Crippen molar-refractivity contribution < 1.29 is 17.6 Å². The molecule has 1 atom stereocenters. The van der Waals surface area contributed by atoms with Crippen LogP contribution in [0.15, 0.2) is 30.6 Å². The van der Waals surface area contributed by atoms with E-state index in [1.807, 2.05) is 0 Å². The lowest BCUT2D eigenvalue weighted by atomic mass is 10.2. The van der Waals surface area contributed by atoms with Crippen molar-refractivity contribution in [2.45, 2.75) is 18.7 Å². The van der Waals surface area contributed by atoms with Gasteiger partial charge in [-0.3, -0.25) is 4.79 Å². The van der Waals surface area contributed by atoms with E-state index in [2.05, 4.69) is 10.2 Å². The molecule has 7 nitrogen and oxygen atoms in total. The fourth-order valence-electron chi connectivity index (χ4n) is 2.20. The molecule has 0 fully saturated rings. The largest absolute Gasteiger partial charge is 0.340 e. The third-order valence-electron chi connectivity index (χ3n) is 3.76. The van der Waals surface area contributed by atoms with Crippen LogP contribution in [0.1, 0.15) is 23.6 Å². The number of halogens is 1. The molecule has 2 rings (SSSR count). The second-order valence-corrected chi connectivity index (χ2v) is 7.91. The van der Waals surface area contributed by atoms with Crippen LogP contribution in [0.4, 0.5) is 4.39 Å². The Morgan fingerprint density at radius 1 is 1.38 bits per heavy atom. The number of rotatable bonds is 6. The zero-order valence-corrected chi connectivity index (χ0v) is 14.5. The summed E-state index contributed by atoms with van der Waals surface area (Å²) in [5, 5.41) is 6.46. The lowest BCUT2D eigenvalue weighted by Gasteiger charge is -2.19. The number of aryl methyl sites for hydroxylation is 1. The van der Waals surface area contributed by atoms with E-state index in [1.165, 1.54) is 35.8 Å². The predicted molar refractivity (Wildman–Crippen MR) is 86.1 cm³/mol. The smallest absolute Gasteiger partial charge is 0.237 e. The Hall–Kier alpha value is -2.29. The predicted octanol–water partition coefficient (Wildman–Crippen LogP) is 1.09. The fraction of sp³-hybridized carbons (Fsp3) is 0.400. The molecule has 0 spiro atoms. The lowest BCUT2D eigenvalue weighted by molar-refractivity contribution is -0.127. The van der Waals surface area contributed by atoms with Crippen LogP contribution in [-0.2, 0) is 28.2 Å². The van der Waals surface area contributed by atoms with Gasteiger partial charge in [-0.25, -0.2) is 12.8 Å². The highest BCUT2D eigenvalue weighted by atomic mass is 32.2. The fourth-order valence-corrected chi connectivity index (χ4v) is 3.55. The van der Waals surface area contributed by atoms with Gasteiger partial charge < -0.3 is 9.47 Å². The Bertz CT molecular complexity index is 835. The number of carbonyl (C=O) groups is 1. The van der Waals surface area contributed by atoms with Crippen LogP contribution < -0.4 is 0 Å². The second kappa shape index (κ2) is 7.08. The summed E-state index contributed by atoms with van der Waals surface area (Å²) in [6, 6.07) is 6.05. The van der Waals surface area contributed by atoms with Crippen molar-refractivity contribution in [3.8, 4) is 0 Å². The van der Waals surface area contributed by atoms with Gasteiger partial charge in [-0.05, 0) is 13.0 Å². The quantitative estimate of drug-likeness (QED) is 0.775. The summed E-state index contributed by atoms with van der Waals surface area (Å²) in [6.07, 6.45) is 1.40. The topological polar surface area (TPSA) is 85.2 Å². The normalized spacial score (nSPS) is 12.8. The summed E-state index contributed by atoms with van der Waals surface area (Å²) in [6.45, 7) is 1.46. The summed E-state index contributed by atoms with van der Waals surface area (Å²) in [5.74, 6) is -1.45. The van der Waals surface area contributed by atoms with Crippen molar-refractivity contribution in [3.05, 3.63) is 47.8 Å². The zero-order chi connectivity index (χ0) is 17.9. The van der Waals surface area contributed by atoms with Crippen LogP contribution in [0, 0.1) is 5.82 Å². The van der Waals surface area contributed by atoms with Gasteiger partial charge in [0, 0.05) is 26.2 Å². The molecule has 1 aromatic carbocycles. The van der Waals surface area contributed by atoms with Gasteiger partial charge in [-0.15, -0.1) is 10.2 Å². The first kappa shape index (κ1) is 18.1. The average Bonchev–Trinajstić information content (AvgIpc) is 2.94. The summed E-state index contributed by atoms with van der Waals surface area (Å²) in [4.78, 5) is 13.4. The molecule has 0 saturated heterocycles. The van der Waals surface area contributed by atoms with Crippen LogP contribution in [0.5, 0.6) is 0 Å². The molecule has 0 radical (unpaired) electrons. The van der Waals surface area contributed by atoms with Crippen molar-refractivity contribution in [2.75, 3.05) is 12.8 Å². The molecule has 1 amide bonds. The van der Waals surface area contributed by atoms with Gasteiger partial charge in [-0.2, -0.15) is 0 Å². The van der Waals surface area contributed by atoms with Gasteiger partial charge in [0.15, 0.2) is 15.7 Å². The van der Waals surface area contributed by atoms with Crippen molar-refractivity contribution in [1.82, 2.24) is 19.7 Å². The molecule has 1 unspecified atom stereocenters. The van der Waals surface area contributed by atoms with E-state index < -0.39 is 32.6 Å². The van der Waals surface area contributed by atoms with E-state index in [0.29, 0.717) is 5.56 Å². The number of aromatic nitrogens is 3. The number of sulfone groups is 1. The Morgan fingerprint density at radius 3 is 2.62 bits per heavy atom. The van der Waals surface area contributed by atoms with Gasteiger partial charge in [-0.1, -0.05) is 18.2 Å². The molecular formula is C15H19FN4O3S. The SMILES string of the molecule is CC(c1nncn1C)S(=O)(=O)CC(=O)N(C)Cc1ccccc1F. The Balaban J connectivity index is 2.07. The maximum atomic E-state index is 13.6. The first-order chi connectivity index (χ1) is 11.2. The van der Waals surface area contributed by atoms with Crippen LogP contribution in [0.3, 0.4) is 0 Å². The lowest BCUT2D eigenvalue weighted by Crippen LogP contribution is -2.34. The standard InChI is InChI=1S/C15H19FN4O3S/c1-11(15-18-17-10-20(15)3)24(22,23)9-14(21)19(2)8-12-6-4-5-7-13(12)16/h4-7,10-11H,8-9H2,1-3H3. The van der Waals surface area contributed by atoms with Gasteiger partial charge in [0.25, 0.3) is 0 Å². The molecule has 130 valence electrons. The van der Waals surface area contributed by atoms with Crippen LogP contribution in [-0.4, -0.2) is 46.8 Å². The van der Waals surface area contributed by atoms with E-state index in [1.54, 1.807) is 25.2 Å². The Kier molecular flexibility index (Phi) is 5.33. The molecule has 0 aliphatic rings.